The smallest absolute Gasteiger partial charge is 0.0244 e. The Bertz CT molecular complexity index is 357. The number of hydrogen-bond acceptors (Lipinski definition) is 3. The molecule has 2 nitrogen and oxygen atoms in total. The fourth-order valence-electron chi connectivity index (χ4n) is 3.55. The van der Waals surface area contributed by atoms with Gasteiger partial charge in [-0.2, -0.15) is 11.3 Å². The Hall–Kier alpha value is -0.380. The Morgan fingerprint density at radius 1 is 1.11 bits per heavy atom. The van der Waals surface area contributed by atoms with Crippen LogP contribution in [0.2, 0.25) is 0 Å². The summed E-state index contributed by atoms with van der Waals surface area (Å²) >= 11 is 1.83. The zero-order valence-corrected chi connectivity index (χ0v) is 12.7. The summed E-state index contributed by atoms with van der Waals surface area (Å²) in [5.74, 6) is 0. The van der Waals surface area contributed by atoms with Gasteiger partial charge >= 0.3 is 0 Å². The van der Waals surface area contributed by atoms with E-state index in [9.17, 15) is 0 Å². The highest BCUT2D eigenvalue weighted by atomic mass is 32.1. The van der Waals surface area contributed by atoms with Crippen LogP contribution >= 0.6 is 11.3 Å². The lowest BCUT2D eigenvalue weighted by molar-refractivity contribution is 0.122. The standard InChI is InChI=1S/C16H26N2S/c1-2-10-18(13-15-7-12-19-14-15)16(5-1)6-11-17-8-3-4-9-17/h7,12,14,16H,1-6,8-11,13H2/t16-/m0/s1. The lowest BCUT2D eigenvalue weighted by atomic mass is 9.98. The van der Waals surface area contributed by atoms with Gasteiger partial charge in [0.05, 0.1) is 0 Å². The van der Waals surface area contributed by atoms with Crippen molar-refractivity contribution < 1.29 is 0 Å². The highest BCUT2D eigenvalue weighted by molar-refractivity contribution is 7.07. The Kier molecular flexibility index (Phi) is 4.91. The van der Waals surface area contributed by atoms with Crippen molar-refractivity contribution in [2.75, 3.05) is 26.2 Å². The molecule has 106 valence electrons. The maximum absolute atomic E-state index is 2.74. The highest BCUT2D eigenvalue weighted by Crippen LogP contribution is 2.23. The second kappa shape index (κ2) is 6.87. The minimum Gasteiger partial charge on any atom is -0.303 e. The van der Waals surface area contributed by atoms with Crippen molar-refractivity contribution in [2.24, 2.45) is 0 Å². The molecule has 3 rings (SSSR count). The third-order valence-electron chi connectivity index (χ3n) is 4.69. The van der Waals surface area contributed by atoms with Crippen LogP contribution in [-0.2, 0) is 6.54 Å². The first-order chi connectivity index (χ1) is 9.42. The van der Waals surface area contributed by atoms with Gasteiger partial charge in [-0.15, -0.1) is 0 Å². The van der Waals surface area contributed by atoms with Gasteiger partial charge in [0, 0.05) is 12.6 Å². The highest BCUT2D eigenvalue weighted by Gasteiger charge is 2.23. The van der Waals surface area contributed by atoms with Crippen LogP contribution in [0.5, 0.6) is 0 Å². The van der Waals surface area contributed by atoms with Gasteiger partial charge in [-0.05, 0) is 80.7 Å². The molecule has 0 unspecified atom stereocenters. The van der Waals surface area contributed by atoms with E-state index in [1.807, 2.05) is 11.3 Å². The van der Waals surface area contributed by atoms with E-state index < -0.39 is 0 Å². The molecule has 0 saturated carbocycles. The molecule has 3 heteroatoms. The van der Waals surface area contributed by atoms with E-state index in [0.29, 0.717) is 0 Å². The predicted octanol–water partition coefficient (Wildman–Crippen LogP) is 3.59. The fraction of sp³-hybridized carbons (Fsp3) is 0.750. The molecule has 3 heterocycles. The van der Waals surface area contributed by atoms with Gasteiger partial charge in [0.15, 0.2) is 0 Å². The molecule has 0 aliphatic carbocycles. The summed E-state index contributed by atoms with van der Waals surface area (Å²) in [6.07, 6.45) is 8.46. The summed E-state index contributed by atoms with van der Waals surface area (Å²) in [7, 11) is 0. The van der Waals surface area contributed by atoms with Crippen molar-refractivity contribution in [3.05, 3.63) is 22.4 Å². The average Bonchev–Trinajstić information content (AvgIpc) is 3.10. The van der Waals surface area contributed by atoms with Crippen LogP contribution in [0.25, 0.3) is 0 Å². The van der Waals surface area contributed by atoms with E-state index in [2.05, 4.69) is 26.6 Å². The number of likely N-dealkylation sites (tertiary alicyclic amines) is 2. The molecular formula is C16H26N2S. The third kappa shape index (κ3) is 3.80. The van der Waals surface area contributed by atoms with Gasteiger partial charge in [0.25, 0.3) is 0 Å². The van der Waals surface area contributed by atoms with Crippen LogP contribution in [0.3, 0.4) is 0 Å². The van der Waals surface area contributed by atoms with Crippen LogP contribution in [0.1, 0.15) is 44.1 Å². The topological polar surface area (TPSA) is 6.48 Å². The van der Waals surface area contributed by atoms with Crippen LogP contribution in [0, 0.1) is 0 Å². The van der Waals surface area contributed by atoms with Crippen LogP contribution < -0.4 is 0 Å². The first-order valence-corrected chi connectivity index (χ1v) is 8.83. The van der Waals surface area contributed by atoms with Crippen LogP contribution in [-0.4, -0.2) is 42.0 Å². The van der Waals surface area contributed by atoms with Crippen molar-refractivity contribution in [2.45, 2.75) is 51.1 Å². The van der Waals surface area contributed by atoms with Crippen LogP contribution in [0.4, 0.5) is 0 Å². The largest absolute Gasteiger partial charge is 0.303 e. The number of rotatable bonds is 5. The summed E-state index contributed by atoms with van der Waals surface area (Å²) in [5, 5.41) is 4.52. The van der Waals surface area contributed by atoms with Crippen LogP contribution in [0.15, 0.2) is 16.8 Å². The molecule has 2 aliphatic heterocycles. The summed E-state index contributed by atoms with van der Waals surface area (Å²) < 4.78 is 0. The van der Waals surface area contributed by atoms with E-state index in [4.69, 9.17) is 0 Å². The first kappa shape index (κ1) is 13.6. The quantitative estimate of drug-likeness (QED) is 0.812. The maximum Gasteiger partial charge on any atom is 0.0244 e. The molecule has 0 aromatic carbocycles. The molecule has 0 spiro atoms. The van der Waals surface area contributed by atoms with Gasteiger partial charge in [-0.3, -0.25) is 4.90 Å². The second-order valence-corrected chi connectivity index (χ2v) is 6.87. The Morgan fingerprint density at radius 3 is 2.74 bits per heavy atom. The zero-order chi connectivity index (χ0) is 12.9. The summed E-state index contributed by atoms with van der Waals surface area (Å²) in [4.78, 5) is 5.40. The fourth-order valence-corrected chi connectivity index (χ4v) is 4.21. The SMILES string of the molecule is c1cc(CN2CCCC[C@H]2CCN2CCCC2)cs1. The van der Waals surface area contributed by atoms with E-state index in [1.165, 1.54) is 76.8 Å². The first-order valence-electron chi connectivity index (χ1n) is 7.89. The number of nitrogens with zero attached hydrogens (tertiary/aromatic N) is 2. The molecular weight excluding hydrogens is 252 g/mol. The Balaban J connectivity index is 1.51. The molecule has 0 N–H and O–H groups in total. The monoisotopic (exact) mass is 278 g/mol. The molecule has 1 aromatic heterocycles. The third-order valence-corrected chi connectivity index (χ3v) is 5.42. The Labute approximate surface area is 121 Å². The molecule has 0 bridgehead atoms. The molecule has 0 amide bonds. The van der Waals surface area contributed by atoms with Crippen molar-refractivity contribution in [1.82, 2.24) is 9.80 Å². The second-order valence-electron chi connectivity index (χ2n) is 6.09. The van der Waals surface area contributed by atoms with Crippen molar-refractivity contribution >= 4 is 11.3 Å². The van der Waals surface area contributed by atoms with Gasteiger partial charge in [-0.1, -0.05) is 6.42 Å². The van der Waals surface area contributed by atoms with Gasteiger partial charge in [-0.25, -0.2) is 0 Å². The lowest BCUT2D eigenvalue weighted by Gasteiger charge is -2.36. The van der Waals surface area contributed by atoms with Crippen molar-refractivity contribution in [1.29, 1.82) is 0 Å². The minimum atomic E-state index is 0.828. The molecule has 0 radical (unpaired) electrons. The summed E-state index contributed by atoms with van der Waals surface area (Å²) in [5.41, 5.74) is 1.51. The number of piperidine rings is 1. The predicted molar refractivity (Wildman–Crippen MR) is 82.7 cm³/mol. The average molecular weight is 278 g/mol. The lowest BCUT2D eigenvalue weighted by Crippen LogP contribution is -2.40. The van der Waals surface area contributed by atoms with E-state index in [1.54, 1.807) is 0 Å². The van der Waals surface area contributed by atoms with E-state index >= 15 is 0 Å². The molecule has 2 saturated heterocycles. The number of hydrogen-bond donors (Lipinski definition) is 0. The molecule has 19 heavy (non-hydrogen) atoms. The van der Waals surface area contributed by atoms with Gasteiger partial charge < -0.3 is 4.90 Å². The van der Waals surface area contributed by atoms with Crippen molar-refractivity contribution in [3.8, 4) is 0 Å². The Morgan fingerprint density at radius 2 is 1.95 bits per heavy atom. The molecule has 2 aliphatic rings. The van der Waals surface area contributed by atoms with Gasteiger partial charge in [0.1, 0.15) is 0 Å². The van der Waals surface area contributed by atoms with Crippen molar-refractivity contribution in [3.63, 3.8) is 0 Å². The van der Waals surface area contributed by atoms with E-state index in [0.717, 1.165) is 6.04 Å². The van der Waals surface area contributed by atoms with E-state index in [-0.39, 0.29) is 0 Å². The normalized spacial score (nSPS) is 26.0. The summed E-state index contributed by atoms with van der Waals surface area (Å²) in [6.45, 7) is 6.49. The van der Waals surface area contributed by atoms with Gasteiger partial charge in [0.2, 0.25) is 0 Å². The molecule has 2 fully saturated rings. The summed E-state index contributed by atoms with van der Waals surface area (Å²) in [6, 6.07) is 3.12. The maximum atomic E-state index is 2.74. The number of thiophene rings is 1. The molecule has 1 atom stereocenters. The zero-order valence-electron chi connectivity index (χ0n) is 11.9. The molecule has 1 aromatic rings. The minimum absolute atomic E-state index is 0.828.